The fraction of sp³-hybridized carbons (Fsp3) is 0.357. The molecule has 7 heteroatoms. The van der Waals surface area contributed by atoms with Crippen LogP contribution in [-0.2, 0) is 23.0 Å². The minimum absolute atomic E-state index is 0.0717. The van der Waals surface area contributed by atoms with Gasteiger partial charge >= 0.3 is 0 Å². The van der Waals surface area contributed by atoms with E-state index in [0.29, 0.717) is 25.1 Å². The third-order valence-electron chi connectivity index (χ3n) is 3.19. The van der Waals surface area contributed by atoms with Crippen molar-refractivity contribution in [2.45, 2.75) is 24.9 Å². The molecule has 3 N–H and O–H groups in total. The number of H-pyrrole nitrogens is 1. The maximum atomic E-state index is 12.3. The first-order chi connectivity index (χ1) is 10.0. The molecule has 0 aliphatic heterocycles. The molecule has 0 atom stereocenters. The molecule has 0 aliphatic rings. The lowest BCUT2D eigenvalue weighted by molar-refractivity contribution is 0.575. The van der Waals surface area contributed by atoms with Crippen LogP contribution >= 0.6 is 0 Å². The molecule has 0 spiro atoms. The lowest BCUT2D eigenvalue weighted by Crippen LogP contribution is -2.27. The van der Waals surface area contributed by atoms with Gasteiger partial charge in [0.2, 0.25) is 0 Å². The summed E-state index contributed by atoms with van der Waals surface area (Å²) in [6, 6.07) is 9.75. The van der Waals surface area contributed by atoms with E-state index in [4.69, 9.17) is 0 Å². The highest BCUT2D eigenvalue weighted by atomic mass is 32.2. The largest absolute Gasteiger partial charge is 0.316 e. The lowest BCUT2D eigenvalue weighted by atomic mass is 10.2. The fourth-order valence-corrected chi connectivity index (χ4v) is 3.30. The van der Waals surface area contributed by atoms with E-state index in [9.17, 15) is 8.42 Å². The molecule has 0 bridgehead atoms. The van der Waals surface area contributed by atoms with Crippen LogP contribution in [0.15, 0.2) is 35.4 Å². The van der Waals surface area contributed by atoms with Crippen LogP contribution in [0.2, 0.25) is 0 Å². The van der Waals surface area contributed by atoms with E-state index in [1.807, 2.05) is 37.3 Å². The molecule has 0 fully saturated rings. The standard InChI is InChI=1S/C14H20N4O2S/c1-11-13(10-15-2)14(18-17-11)21(19,20)16-9-8-12-6-4-3-5-7-12/h3-7,15-16H,8-10H2,1-2H3,(H,17,18). The summed E-state index contributed by atoms with van der Waals surface area (Å²) >= 11 is 0. The molecule has 0 saturated heterocycles. The monoisotopic (exact) mass is 308 g/mol. The van der Waals surface area contributed by atoms with Gasteiger partial charge in [0.15, 0.2) is 5.03 Å². The number of aromatic amines is 1. The van der Waals surface area contributed by atoms with Crippen LogP contribution in [0.5, 0.6) is 0 Å². The topological polar surface area (TPSA) is 86.9 Å². The van der Waals surface area contributed by atoms with Crippen LogP contribution in [0.1, 0.15) is 16.8 Å². The van der Waals surface area contributed by atoms with E-state index in [0.717, 1.165) is 11.3 Å². The second-order valence-corrected chi connectivity index (χ2v) is 6.48. The molecule has 0 amide bonds. The van der Waals surface area contributed by atoms with E-state index < -0.39 is 10.0 Å². The number of hydrogen-bond acceptors (Lipinski definition) is 4. The molecule has 0 unspecified atom stereocenters. The third kappa shape index (κ3) is 3.90. The van der Waals surface area contributed by atoms with Crippen molar-refractivity contribution in [3.8, 4) is 0 Å². The molecule has 0 radical (unpaired) electrons. The van der Waals surface area contributed by atoms with Crippen molar-refractivity contribution >= 4 is 10.0 Å². The number of sulfonamides is 1. The van der Waals surface area contributed by atoms with Gasteiger partial charge in [-0.1, -0.05) is 30.3 Å². The number of rotatable bonds is 7. The summed E-state index contributed by atoms with van der Waals surface area (Å²) in [7, 11) is -1.83. The molecule has 114 valence electrons. The molecular weight excluding hydrogens is 288 g/mol. The number of hydrogen-bond donors (Lipinski definition) is 3. The summed E-state index contributed by atoms with van der Waals surface area (Å²) in [6.45, 7) is 2.61. The molecule has 0 saturated carbocycles. The summed E-state index contributed by atoms with van der Waals surface area (Å²) in [4.78, 5) is 0. The van der Waals surface area contributed by atoms with Gasteiger partial charge in [0, 0.05) is 24.3 Å². The van der Waals surface area contributed by atoms with Gasteiger partial charge in [0.05, 0.1) is 0 Å². The van der Waals surface area contributed by atoms with Crippen molar-refractivity contribution in [3.63, 3.8) is 0 Å². The van der Waals surface area contributed by atoms with Crippen molar-refractivity contribution in [3.05, 3.63) is 47.2 Å². The summed E-state index contributed by atoms with van der Waals surface area (Å²) < 4.78 is 27.2. The van der Waals surface area contributed by atoms with E-state index in [2.05, 4.69) is 20.2 Å². The lowest BCUT2D eigenvalue weighted by Gasteiger charge is -2.07. The number of aromatic nitrogens is 2. The maximum Gasteiger partial charge on any atom is 0.260 e. The fourth-order valence-electron chi connectivity index (χ4n) is 2.08. The smallest absolute Gasteiger partial charge is 0.260 e. The summed E-state index contributed by atoms with van der Waals surface area (Å²) in [5.41, 5.74) is 2.52. The highest BCUT2D eigenvalue weighted by Gasteiger charge is 2.22. The molecule has 1 heterocycles. The zero-order chi connectivity index (χ0) is 15.3. The van der Waals surface area contributed by atoms with Crippen molar-refractivity contribution < 1.29 is 8.42 Å². The van der Waals surface area contributed by atoms with Gasteiger partial charge < -0.3 is 5.32 Å². The van der Waals surface area contributed by atoms with Gasteiger partial charge in [-0.05, 0) is 26.0 Å². The van der Waals surface area contributed by atoms with Gasteiger partial charge in [-0.2, -0.15) is 5.10 Å². The molecule has 0 aliphatic carbocycles. The van der Waals surface area contributed by atoms with Gasteiger partial charge in [0.25, 0.3) is 10.0 Å². The van der Waals surface area contributed by atoms with E-state index in [1.165, 1.54) is 0 Å². The molecule has 2 aromatic rings. The molecule has 6 nitrogen and oxygen atoms in total. The quantitative estimate of drug-likeness (QED) is 0.711. The summed E-state index contributed by atoms with van der Waals surface area (Å²) in [5, 5.41) is 9.67. The van der Waals surface area contributed by atoms with Crippen LogP contribution in [0.25, 0.3) is 0 Å². The summed E-state index contributed by atoms with van der Waals surface area (Å²) in [5.74, 6) is 0. The van der Waals surface area contributed by atoms with Gasteiger partial charge in [0.1, 0.15) is 0 Å². The Balaban J connectivity index is 2.05. The number of benzene rings is 1. The SMILES string of the molecule is CNCc1c(S(=O)(=O)NCCc2ccccc2)n[nH]c1C. The number of aryl methyl sites for hydroxylation is 1. The highest BCUT2D eigenvalue weighted by molar-refractivity contribution is 7.89. The molecule has 1 aromatic carbocycles. The van der Waals surface area contributed by atoms with Crippen LogP contribution in [0, 0.1) is 6.92 Å². The molecule has 1 aromatic heterocycles. The molecular formula is C14H20N4O2S. The number of nitrogens with one attached hydrogen (secondary N) is 3. The summed E-state index contributed by atoms with van der Waals surface area (Å²) in [6.07, 6.45) is 0.644. The van der Waals surface area contributed by atoms with Crippen molar-refractivity contribution in [2.75, 3.05) is 13.6 Å². The second kappa shape index (κ2) is 6.84. The predicted octanol–water partition coefficient (Wildman–Crippen LogP) is 0.959. The van der Waals surface area contributed by atoms with Gasteiger partial charge in [-0.25, -0.2) is 13.1 Å². The Kier molecular flexibility index (Phi) is 5.11. The van der Waals surface area contributed by atoms with Crippen LogP contribution in [0.4, 0.5) is 0 Å². The molecule has 2 rings (SSSR count). The average molecular weight is 308 g/mol. The Morgan fingerprint density at radius 3 is 2.62 bits per heavy atom. The minimum atomic E-state index is -3.59. The highest BCUT2D eigenvalue weighted by Crippen LogP contribution is 2.15. The second-order valence-electron chi connectivity index (χ2n) is 4.80. The minimum Gasteiger partial charge on any atom is -0.316 e. The zero-order valence-corrected chi connectivity index (χ0v) is 13.0. The first kappa shape index (κ1) is 15.7. The van der Waals surface area contributed by atoms with E-state index in [-0.39, 0.29) is 5.03 Å². The normalized spacial score (nSPS) is 11.7. The van der Waals surface area contributed by atoms with Gasteiger partial charge in [-0.15, -0.1) is 0 Å². The maximum absolute atomic E-state index is 12.3. The Hall–Kier alpha value is -1.70. The Morgan fingerprint density at radius 2 is 1.95 bits per heavy atom. The van der Waals surface area contributed by atoms with E-state index >= 15 is 0 Å². The Labute approximate surface area is 125 Å². The first-order valence-corrected chi connectivity index (χ1v) is 8.25. The van der Waals surface area contributed by atoms with Crippen LogP contribution < -0.4 is 10.0 Å². The predicted molar refractivity (Wildman–Crippen MR) is 81.4 cm³/mol. The van der Waals surface area contributed by atoms with Crippen molar-refractivity contribution in [2.24, 2.45) is 0 Å². The van der Waals surface area contributed by atoms with Crippen molar-refractivity contribution in [1.82, 2.24) is 20.2 Å². The van der Waals surface area contributed by atoms with Gasteiger partial charge in [-0.3, -0.25) is 5.10 Å². The number of nitrogens with zero attached hydrogens (tertiary/aromatic N) is 1. The van der Waals surface area contributed by atoms with E-state index in [1.54, 1.807) is 7.05 Å². The third-order valence-corrected chi connectivity index (χ3v) is 4.62. The van der Waals surface area contributed by atoms with Crippen molar-refractivity contribution in [1.29, 1.82) is 0 Å². The Morgan fingerprint density at radius 1 is 1.24 bits per heavy atom. The molecule has 21 heavy (non-hydrogen) atoms. The first-order valence-electron chi connectivity index (χ1n) is 6.76. The van der Waals surface area contributed by atoms with Crippen LogP contribution in [0.3, 0.4) is 0 Å². The Bertz CT molecular complexity index is 680. The average Bonchev–Trinajstić information content (AvgIpc) is 2.83. The van der Waals surface area contributed by atoms with Crippen LogP contribution in [-0.4, -0.2) is 32.2 Å². The zero-order valence-electron chi connectivity index (χ0n) is 12.2.